The Morgan fingerprint density at radius 2 is 2.18 bits per heavy atom. The number of nitrogens with zero attached hydrogens (tertiary/aromatic N) is 2. The van der Waals surface area contributed by atoms with E-state index in [9.17, 15) is 4.79 Å². The van der Waals surface area contributed by atoms with Crippen LogP contribution in [0.15, 0.2) is 39.6 Å². The lowest BCUT2D eigenvalue weighted by Crippen LogP contribution is -2.15. The van der Waals surface area contributed by atoms with E-state index in [0.29, 0.717) is 5.82 Å². The normalized spacial score (nSPS) is 10.6. The van der Waals surface area contributed by atoms with Gasteiger partial charge in [-0.25, -0.2) is 9.97 Å². The van der Waals surface area contributed by atoms with Crippen LogP contribution in [0.1, 0.15) is 11.3 Å². The second-order valence-corrected chi connectivity index (χ2v) is 7.40. The summed E-state index contributed by atoms with van der Waals surface area (Å²) in [6, 6.07) is 5.76. The van der Waals surface area contributed by atoms with Crippen molar-refractivity contribution >= 4 is 50.3 Å². The SMILES string of the molecule is Cc1ccnc(NC(=O)Cc2csc(-c3cc(Br)cs3)n2)c1. The van der Waals surface area contributed by atoms with Crippen LogP contribution < -0.4 is 5.32 Å². The van der Waals surface area contributed by atoms with Gasteiger partial charge in [-0.2, -0.15) is 0 Å². The van der Waals surface area contributed by atoms with Crippen molar-refractivity contribution in [2.24, 2.45) is 0 Å². The minimum Gasteiger partial charge on any atom is -0.310 e. The van der Waals surface area contributed by atoms with Gasteiger partial charge in [0, 0.05) is 21.4 Å². The van der Waals surface area contributed by atoms with Crippen LogP contribution in [0.2, 0.25) is 0 Å². The molecule has 0 aliphatic rings. The average molecular weight is 394 g/mol. The predicted octanol–water partition coefficient (Wildman–Crippen LogP) is 4.52. The molecular formula is C15H12BrN3OS2. The maximum atomic E-state index is 12.1. The Labute approximate surface area is 144 Å². The van der Waals surface area contributed by atoms with Crippen LogP contribution in [0.3, 0.4) is 0 Å². The molecule has 0 saturated heterocycles. The molecule has 0 fully saturated rings. The topological polar surface area (TPSA) is 54.9 Å². The number of hydrogen-bond acceptors (Lipinski definition) is 5. The smallest absolute Gasteiger partial charge is 0.231 e. The van der Waals surface area contributed by atoms with Crippen LogP contribution in [0.4, 0.5) is 5.82 Å². The molecule has 0 saturated carbocycles. The summed E-state index contributed by atoms with van der Waals surface area (Å²) in [5.74, 6) is 0.463. The van der Waals surface area contributed by atoms with Crippen molar-refractivity contribution in [3.05, 3.63) is 50.9 Å². The van der Waals surface area contributed by atoms with Crippen molar-refractivity contribution in [1.29, 1.82) is 0 Å². The summed E-state index contributed by atoms with van der Waals surface area (Å²) < 4.78 is 1.05. The van der Waals surface area contributed by atoms with Crippen molar-refractivity contribution in [2.75, 3.05) is 5.32 Å². The quantitative estimate of drug-likeness (QED) is 0.708. The van der Waals surface area contributed by atoms with Crippen molar-refractivity contribution < 1.29 is 4.79 Å². The molecule has 0 spiro atoms. The summed E-state index contributed by atoms with van der Waals surface area (Å²) in [6.45, 7) is 1.96. The van der Waals surface area contributed by atoms with E-state index in [-0.39, 0.29) is 12.3 Å². The fourth-order valence-electron chi connectivity index (χ4n) is 1.88. The first-order chi connectivity index (χ1) is 10.6. The molecule has 0 unspecified atom stereocenters. The maximum absolute atomic E-state index is 12.1. The summed E-state index contributed by atoms with van der Waals surface area (Å²) in [4.78, 5) is 21.8. The number of aryl methyl sites for hydroxylation is 1. The minimum atomic E-state index is -0.109. The summed E-state index contributed by atoms with van der Waals surface area (Å²) in [7, 11) is 0. The summed E-state index contributed by atoms with van der Waals surface area (Å²) in [6.07, 6.45) is 1.93. The highest BCUT2D eigenvalue weighted by molar-refractivity contribution is 9.10. The van der Waals surface area contributed by atoms with E-state index in [2.05, 4.69) is 31.2 Å². The van der Waals surface area contributed by atoms with E-state index in [1.165, 1.54) is 0 Å². The van der Waals surface area contributed by atoms with E-state index in [1.807, 2.05) is 35.9 Å². The van der Waals surface area contributed by atoms with Gasteiger partial charge in [0.05, 0.1) is 17.0 Å². The number of pyridine rings is 1. The zero-order valence-corrected chi connectivity index (χ0v) is 14.9. The van der Waals surface area contributed by atoms with Crippen molar-refractivity contribution in [3.8, 4) is 9.88 Å². The molecule has 3 rings (SSSR count). The monoisotopic (exact) mass is 393 g/mol. The van der Waals surface area contributed by atoms with Gasteiger partial charge in [0.15, 0.2) is 0 Å². The molecule has 112 valence electrons. The Morgan fingerprint density at radius 1 is 1.32 bits per heavy atom. The van der Waals surface area contributed by atoms with Crippen LogP contribution >= 0.6 is 38.6 Å². The molecule has 0 bridgehead atoms. The van der Waals surface area contributed by atoms with E-state index in [4.69, 9.17) is 0 Å². The largest absolute Gasteiger partial charge is 0.310 e. The summed E-state index contributed by atoms with van der Waals surface area (Å²) >= 11 is 6.61. The average Bonchev–Trinajstić information content (AvgIpc) is 3.07. The first-order valence-corrected chi connectivity index (χ1v) is 9.07. The van der Waals surface area contributed by atoms with Gasteiger partial charge in [0.1, 0.15) is 10.8 Å². The van der Waals surface area contributed by atoms with Crippen LogP contribution in [0.25, 0.3) is 9.88 Å². The number of amides is 1. The van der Waals surface area contributed by atoms with E-state index in [0.717, 1.165) is 25.6 Å². The molecule has 0 aromatic carbocycles. The Balaban J connectivity index is 1.66. The molecular weight excluding hydrogens is 382 g/mol. The molecule has 1 N–H and O–H groups in total. The molecule has 3 aromatic heterocycles. The van der Waals surface area contributed by atoms with Crippen LogP contribution in [-0.2, 0) is 11.2 Å². The summed E-state index contributed by atoms with van der Waals surface area (Å²) in [5, 5.41) is 7.67. The first-order valence-electron chi connectivity index (χ1n) is 6.51. The number of thiophene rings is 1. The molecule has 4 nitrogen and oxygen atoms in total. The first kappa shape index (κ1) is 15.3. The Hall–Kier alpha value is -1.57. The summed E-state index contributed by atoms with van der Waals surface area (Å²) in [5.41, 5.74) is 1.83. The van der Waals surface area contributed by atoms with Gasteiger partial charge in [-0.05, 0) is 46.6 Å². The Bertz CT molecular complexity index is 812. The number of rotatable bonds is 4. The highest BCUT2D eigenvalue weighted by Crippen LogP contribution is 2.32. The zero-order valence-electron chi connectivity index (χ0n) is 11.7. The van der Waals surface area contributed by atoms with Crippen molar-refractivity contribution in [3.63, 3.8) is 0 Å². The van der Waals surface area contributed by atoms with Gasteiger partial charge in [-0.3, -0.25) is 4.79 Å². The van der Waals surface area contributed by atoms with Crippen molar-refractivity contribution in [1.82, 2.24) is 9.97 Å². The predicted molar refractivity (Wildman–Crippen MR) is 94.4 cm³/mol. The molecule has 7 heteroatoms. The second-order valence-electron chi connectivity index (χ2n) is 4.72. The molecule has 22 heavy (non-hydrogen) atoms. The lowest BCUT2D eigenvalue weighted by atomic mass is 10.3. The fourth-order valence-corrected chi connectivity index (χ4v) is 4.21. The van der Waals surface area contributed by atoms with Crippen molar-refractivity contribution in [2.45, 2.75) is 13.3 Å². The number of carbonyl (C=O) groups is 1. The second kappa shape index (κ2) is 6.68. The number of carbonyl (C=O) groups excluding carboxylic acids is 1. The third kappa shape index (κ3) is 3.79. The number of hydrogen-bond donors (Lipinski definition) is 1. The number of nitrogens with one attached hydrogen (secondary N) is 1. The van der Waals surface area contributed by atoms with Crippen LogP contribution in [0, 0.1) is 6.92 Å². The lowest BCUT2D eigenvalue weighted by Gasteiger charge is -2.03. The van der Waals surface area contributed by atoms with Gasteiger partial charge in [-0.15, -0.1) is 22.7 Å². The van der Waals surface area contributed by atoms with Crippen LogP contribution in [-0.4, -0.2) is 15.9 Å². The number of aromatic nitrogens is 2. The van der Waals surface area contributed by atoms with Crippen LogP contribution in [0.5, 0.6) is 0 Å². The standard InChI is InChI=1S/C15H12BrN3OS2/c1-9-2-3-17-13(4-9)19-14(20)6-11-8-22-15(18-11)12-5-10(16)7-21-12/h2-5,7-8H,6H2,1H3,(H,17,19,20). The van der Waals surface area contributed by atoms with E-state index >= 15 is 0 Å². The van der Waals surface area contributed by atoms with Gasteiger partial charge >= 0.3 is 0 Å². The highest BCUT2D eigenvalue weighted by atomic mass is 79.9. The van der Waals surface area contributed by atoms with E-state index in [1.54, 1.807) is 28.9 Å². The van der Waals surface area contributed by atoms with Gasteiger partial charge < -0.3 is 5.32 Å². The third-order valence-corrected chi connectivity index (χ3v) is 5.61. The number of anilines is 1. The molecule has 3 heterocycles. The van der Waals surface area contributed by atoms with Gasteiger partial charge in [-0.1, -0.05) is 0 Å². The van der Waals surface area contributed by atoms with Gasteiger partial charge in [0.25, 0.3) is 0 Å². The Morgan fingerprint density at radius 3 is 2.91 bits per heavy atom. The highest BCUT2D eigenvalue weighted by Gasteiger charge is 2.11. The molecule has 0 atom stereocenters. The fraction of sp³-hybridized carbons (Fsp3) is 0.133. The zero-order chi connectivity index (χ0) is 15.5. The third-order valence-electron chi connectivity index (χ3n) is 2.85. The molecule has 3 aromatic rings. The molecule has 1 amide bonds. The minimum absolute atomic E-state index is 0.109. The lowest BCUT2D eigenvalue weighted by molar-refractivity contribution is -0.115. The van der Waals surface area contributed by atoms with Gasteiger partial charge in [0.2, 0.25) is 5.91 Å². The Kier molecular flexibility index (Phi) is 4.66. The maximum Gasteiger partial charge on any atom is 0.231 e. The number of halogens is 1. The van der Waals surface area contributed by atoms with E-state index < -0.39 is 0 Å². The molecule has 0 aliphatic heterocycles. The molecule has 0 aliphatic carbocycles. The molecule has 0 radical (unpaired) electrons. The number of thiazole rings is 1.